The third-order valence-electron chi connectivity index (χ3n) is 3.31. The quantitative estimate of drug-likeness (QED) is 0.888. The molecular formula is C14H21NOS. The molecule has 0 radical (unpaired) electrons. The number of ether oxygens (including phenoxy) is 1. The average molecular weight is 251 g/mol. The largest absolute Gasteiger partial charge is 0.497 e. The van der Waals surface area contributed by atoms with Crippen LogP contribution in [0.3, 0.4) is 0 Å². The van der Waals surface area contributed by atoms with Gasteiger partial charge in [0.1, 0.15) is 5.75 Å². The zero-order valence-corrected chi connectivity index (χ0v) is 11.4. The summed E-state index contributed by atoms with van der Waals surface area (Å²) in [5.41, 5.74) is 1.30. The van der Waals surface area contributed by atoms with Gasteiger partial charge in [0, 0.05) is 17.8 Å². The normalized spacial score (nSPS) is 24.6. The molecule has 2 nitrogen and oxygen atoms in total. The second kappa shape index (κ2) is 6.31. The molecule has 1 aromatic rings. The van der Waals surface area contributed by atoms with E-state index in [9.17, 15) is 0 Å². The maximum absolute atomic E-state index is 5.24. The first kappa shape index (κ1) is 12.8. The summed E-state index contributed by atoms with van der Waals surface area (Å²) in [5, 5.41) is 4.39. The minimum atomic E-state index is 0.653. The van der Waals surface area contributed by atoms with Crippen LogP contribution in [0.25, 0.3) is 0 Å². The van der Waals surface area contributed by atoms with Gasteiger partial charge in [0.2, 0.25) is 0 Å². The molecule has 1 N–H and O–H groups in total. The van der Waals surface area contributed by atoms with Crippen molar-refractivity contribution in [2.24, 2.45) is 0 Å². The summed E-state index contributed by atoms with van der Waals surface area (Å²) < 4.78 is 5.24. The Bertz CT molecular complexity index is 356. The topological polar surface area (TPSA) is 21.3 Å². The fourth-order valence-corrected chi connectivity index (χ4v) is 3.39. The van der Waals surface area contributed by atoms with Gasteiger partial charge in [-0.3, -0.25) is 0 Å². The van der Waals surface area contributed by atoms with Crippen LogP contribution in [-0.4, -0.2) is 24.2 Å². The molecule has 1 fully saturated rings. The maximum atomic E-state index is 5.24. The first-order chi connectivity index (χ1) is 8.29. The third kappa shape index (κ3) is 3.65. The van der Waals surface area contributed by atoms with Gasteiger partial charge in [0.15, 0.2) is 0 Å². The van der Waals surface area contributed by atoms with Crippen molar-refractivity contribution in [2.45, 2.75) is 37.6 Å². The van der Waals surface area contributed by atoms with Crippen LogP contribution in [0.5, 0.6) is 5.75 Å². The number of methoxy groups -OCH3 is 1. The van der Waals surface area contributed by atoms with Crippen molar-refractivity contribution in [3.05, 3.63) is 29.8 Å². The lowest BCUT2D eigenvalue weighted by Gasteiger charge is -2.29. The predicted octanol–water partition coefficient (Wildman–Crippen LogP) is 3.07. The van der Waals surface area contributed by atoms with Crippen LogP contribution in [0.1, 0.15) is 25.3 Å². The average Bonchev–Trinajstić information content (AvgIpc) is 2.38. The summed E-state index contributed by atoms with van der Waals surface area (Å²) in [7, 11) is 1.71. The minimum Gasteiger partial charge on any atom is -0.497 e. The van der Waals surface area contributed by atoms with E-state index >= 15 is 0 Å². The van der Waals surface area contributed by atoms with E-state index in [0.29, 0.717) is 6.04 Å². The van der Waals surface area contributed by atoms with E-state index in [1.54, 1.807) is 7.11 Å². The molecule has 3 heteroatoms. The summed E-state index contributed by atoms with van der Waals surface area (Å²) in [4.78, 5) is 0. The van der Waals surface area contributed by atoms with E-state index in [-0.39, 0.29) is 0 Å². The molecule has 94 valence electrons. The predicted molar refractivity (Wildman–Crippen MR) is 74.8 cm³/mol. The first-order valence-electron chi connectivity index (χ1n) is 6.27. The van der Waals surface area contributed by atoms with Crippen molar-refractivity contribution < 1.29 is 4.74 Å². The molecule has 17 heavy (non-hydrogen) atoms. The SMILES string of the molecule is COc1cccc(CNC2CCCSC2C)c1. The van der Waals surface area contributed by atoms with Crippen molar-refractivity contribution >= 4 is 11.8 Å². The van der Waals surface area contributed by atoms with Gasteiger partial charge in [-0.05, 0) is 36.3 Å². The summed E-state index contributed by atoms with van der Waals surface area (Å²) in [6.07, 6.45) is 2.64. The molecule has 1 saturated heterocycles. The lowest BCUT2D eigenvalue weighted by Crippen LogP contribution is -2.38. The van der Waals surface area contributed by atoms with Crippen molar-refractivity contribution in [1.82, 2.24) is 5.32 Å². The fraction of sp³-hybridized carbons (Fsp3) is 0.571. The van der Waals surface area contributed by atoms with Crippen molar-refractivity contribution in [1.29, 1.82) is 0 Å². The smallest absolute Gasteiger partial charge is 0.119 e. The molecule has 2 unspecified atom stereocenters. The minimum absolute atomic E-state index is 0.653. The van der Waals surface area contributed by atoms with Gasteiger partial charge in [-0.1, -0.05) is 19.1 Å². The Morgan fingerprint density at radius 3 is 3.12 bits per heavy atom. The number of benzene rings is 1. The number of thioether (sulfide) groups is 1. The zero-order chi connectivity index (χ0) is 12.1. The van der Waals surface area contributed by atoms with Crippen molar-refractivity contribution in [3.63, 3.8) is 0 Å². The van der Waals surface area contributed by atoms with Gasteiger partial charge in [-0.2, -0.15) is 11.8 Å². The summed E-state index contributed by atoms with van der Waals surface area (Å²) in [6, 6.07) is 8.95. The van der Waals surface area contributed by atoms with E-state index < -0.39 is 0 Å². The third-order valence-corrected chi connectivity index (χ3v) is 4.69. The van der Waals surface area contributed by atoms with E-state index in [4.69, 9.17) is 4.74 Å². The van der Waals surface area contributed by atoms with Crippen molar-refractivity contribution in [3.8, 4) is 5.75 Å². The van der Waals surface area contributed by atoms with Crippen LogP contribution in [0.15, 0.2) is 24.3 Å². The molecule has 1 aliphatic heterocycles. The molecule has 1 heterocycles. The highest BCUT2D eigenvalue weighted by molar-refractivity contribution is 7.99. The van der Waals surface area contributed by atoms with Gasteiger partial charge in [-0.15, -0.1) is 0 Å². The maximum Gasteiger partial charge on any atom is 0.119 e. The second-order valence-corrected chi connectivity index (χ2v) is 6.04. The fourth-order valence-electron chi connectivity index (χ4n) is 2.22. The van der Waals surface area contributed by atoms with Gasteiger partial charge >= 0.3 is 0 Å². The van der Waals surface area contributed by atoms with E-state index in [0.717, 1.165) is 17.5 Å². The van der Waals surface area contributed by atoms with Crippen LogP contribution in [-0.2, 0) is 6.54 Å². The molecule has 0 spiro atoms. The molecule has 0 aliphatic carbocycles. The number of hydrogen-bond donors (Lipinski definition) is 1. The zero-order valence-electron chi connectivity index (χ0n) is 10.6. The van der Waals surface area contributed by atoms with Gasteiger partial charge < -0.3 is 10.1 Å². The Kier molecular flexibility index (Phi) is 4.75. The molecule has 0 aromatic heterocycles. The monoisotopic (exact) mass is 251 g/mol. The van der Waals surface area contributed by atoms with Crippen LogP contribution >= 0.6 is 11.8 Å². The van der Waals surface area contributed by atoms with E-state index in [1.807, 2.05) is 6.07 Å². The summed E-state index contributed by atoms with van der Waals surface area (Å²) >= 11 is 2.08. The van der Waals surface area contributed by atoms with Gasteiger partial charge in [0.25, 0.3) is 0 Å². The molecule has 0 amide bonds. The highest BCUT2D eigenvalue weighted by Crippen LogP contribution is 2.25. The lowest BCUT2D eigenvalue weighted by atomic mass is 10.1. The van der Waals surface area contributed by atoms with Gasteiger partial charge in [0.05, 0.1) is 7.11 Å². The highest BCUT2D eigenvalue weighted by Gasteiger charge is 2.20. The highest BCUT2D eigenvalue weighted by atomic mass is 32.2. The second-order valence-electron chi connectivity index (χ2n) is 4.56. The summed E-state index contributed by atoms with van der Waals surface area (Å²) in [6.45, 7) is 3.26. The Balaban J connectivity index is 1.88. The Hall–Kier alpha value is -0.670. The van der Waals surface area contributed by atoms with Crippen LogP contribution in [0, 0.1) is 0 Å². The summed E-state index contributed by atoms with van der Waals surface area (Å²) in [5.74, 6) is 2.26. The van der Waals surface area contributed by atoms with Gasteiger partial charge in [-0.25, -0.2) is 0 Å². The Morgan fingerprint density at radius 1 is 1.47 bits per heavy atom. The first-order valence-corrected chi connectivity index (χ1v) is 7.32. The number of nitrogens with one attached hydrogen (secondary N) is 1. The molecule has 2 rings (SSSR count). The molecule has 0 saturated carbocycles. The van der Waals surface area contributed by atoms with Crippen LogP contribution < -0.4 is 10.1 Å². The molecule has 1 aliphatic rings. The number of hydrogen-bond acceptors (Lipinski definition) is 3. The Labute approximate surface area is 108 Å². The van der Waals surface area contributed by atoms with Crippen LogP contribution in [0.2, 0.25) is 0 Å². The molecule has 2 atom stereocenters. The molecular weight excluding hydrogens is 230 g/mol. The van der Waals surface area contributed by atoms with E-state index in [2.05, 4.69) is 42.2 Å². The molecule has 1 aromatic carbocycles. The Morgan fingerprint density at radius 2 is 2.35 bits per heavy atom. The van der Waals surface area contributed by atoms with E-state index in [1.165, 1.54) is 24.2 Å². The van der Waals surface area contributed by atoms with Crippen molar-refractivity contribution in [2.75, 3.05) is 12.9 Å². The number of rotatable bonds is 4. The van der Waals surface area contributed by atoms with Crippen LogP contribution in [0.4, 0.5) is 0 Å². The lowest BCUT2D eigenvalue weighted by molar-refractivity contribution is 0.413. The standard InChI is InChI=1S/C14H21NOS/c1-11-14(7-4-8-17-11)15-10-12-5-3-6-13(9-12)16-2/h3,5-6,9,11,14-15H,4,7-8,10H2,1-2H3. The molecule has 0 bridgehead atoms.